The molecule has 0 radical (unpaired) electrons. The summed E-state index contributed by atoms with van der Waals surface area (Å²) in [7, 11) is -3.41. The second-order valence-corrected chi connectivity index (χ2v) is 7.88. The van der Waals surface area contributed by atoms with Crippen LogP contribution in [0.5, 0.6) is 0 Å². The molecular formula is C15H22ClNO2S. The fraction of sp³-hybridized carbons (Fsp3) is 0.600. The van der Waals surface area contributed by atoms with Gasteiger partial charge in [-0.25, -0.2) is 8.42 Å². The van der Waals surface area contributed by atoms with Gasteiger partial charge in [0.15, 0.2) is 0 Å². The Morgan fingerprint density at radius 3 is 2.35 bits per heavy atom. The van der Waals surface area contributed by atoms with Gasteiger partial charge >= 0.3 is 0 Å². The molecule has 0 aliphatic carbocycles. The van der Waals surface area contributed by atoms with Gasteiger partial charge in [-0.3, -0.25) is 0 Å². The molecule has 3 nitrogen and oxygen atoms in total. The van der Waals surface area contributed by atoms with Gasteiger partial charge in [-0.05, 0) is 35.4 Å². The first-order valence-electron chi connectivity index (χ1n) is 7.08. The van der Waals surface area contributed by atoms with Crippen molar-refractivity contribution >= 4 is 21.6 Å². The predicted octanol–water partition coefficient (Wildman–Crippen LogP) is 3.26. The van der Waals surface area contributed by atoms with E-state index >= 15 is 0 Å². The van der Waals surface area contributed by atoms with E-state index in [9.17, 15) is 8.42 Å². The van der Waals surface area contributed by atoms with Crippen molar-refractivity contribution in [3.8, 4) is 0 Å². The number of halogens is 1. The lowest BCUT2D eigenvalue weighted by Gasteiger charge is -2.19. The zero-order valence-electron chi connectivity index (χ0n) is 12.3. The van der Waals surface area contributed by atoms with Crippen molar-refractivity contribution in [1.82, 2.24) is 4.31 Å². The molecule has 0 spiro atoms. The van der Waals surface area contributed by atoms with Crippen LogP contribution in [0, 0.1) is 11.8 Å². The zero-order valence-corrected chi connectivity index (χ0v) is 13.8. The number of nitrogens with zero attached hydrogens (tertiary/aromatic N) is 1. The first-order valence-corrected chi connectivity index (χ1v) is 9.05. The summed E-state index contributed by atoms with van der Waals surface area (Å²) >= 11 is 5.84. The number of benzene rings is 1. The Labute approximate surface area is 127 Å². The molecule has 0 saturated carbocycles. The highest BCUT2D eigenvalue weighted by molar-refractivity contribution is 7.89. The summed E-state index contributed by atoms with van der Waals surface area (Å²) in [4.78, 5) is 0.430. The molecule has 1 fully saturated rings. The van der Waals surface area contributed by atoms with Crippen LogP contribution in [-0.4, -0.2) is 25.8 Å². The van der Waals surface area contributed by atoms with Gasteiger partial charge in [0.25, 0.3) is 0 Å². The fourth-order valence-electron chi connectivity index (χ4n) is 2.63. The van der Waals surface area contributed by atoms with E-state index < -0.39 is 10.0 Å². The van der Waals surface area contributed by atoms with Crippen molar-refractivity contribution < 1.29 is 8.42 Å². The molecule has 0 amide bonds. The highest BCUT2D eigenvalue weighted by Gasteiger charge is 2.35. The van der Waals surface area contributed by atoms with E-state index in [0.717, 1.165) is 11.1 Å². The minimum Gasteiger partial charge on any atom is -0.207 e. The maximum atomic E-state index is 12.9. The number of hydrogen-bond acceptors (Lipinski definition) is 2. The monoisotopic (exact) mass is 315 g/mol. The molecule has 0 aromatic heterocycles. The largest absolute Gasteiger partial charge is 0.243 e. The third-order valence-corrected chi connectivity index (χ3v) is 6.46. The average molecular weight is 316 g/mol. The van der Waals surface area contributed by atoms with Crippen molar-refractivity contribution in [2.75, 3.05) is 13.1 Å². The highest BCUT2D eigenvalue weighted by Crippen LogP contribution is 2.30. The number of alkyl halides is 1. The fourth-order valence-corrected chi connectivity index (χ4v) is 4.78. The lowest BCUT2D eigenvalue weighted by Crippen LogP contribution is -2.30. The second kappa shape index (κ2) is 6.04. The molecule has 2 unspecified atom stereocenters. The van der Waals surface area contributed by atoms with E-state index in [1.807, 2.05) is 19.1 Å². The Balaban J connectivity index is 2.43. The Morgan fingerprint density at radius 1 is 1.25 bits per heavy atom. The Bertz CT molecular complexity index is 576. The van der Waals surface area contributed by atoms with Crippen LogP contribution in [0.4, 0.5) is 0 Å². The van der Waals surface area contributed by atoms with Gasteiger partial charge in [0.1, 0.15) is 0 Å². The predicted molar refractivity (Wildman–Crippen MR) is 82.5 cm³/mol. The minimum atomic E-state index is -3.41. The van der Waals surface area contributed by atoms with Crippen LogP contribution in [0.1, 0.15) is 31.9 Å². The molecule has 1 aliphatic rings. The van der Waals surface area contributed by atoms with Crippen LogP contribution in [0.3, 0.4) is 0 Å². The first kappa shape index (κ1) is 15.8. The van der Waals surface area contributed by atoms with Crippen LogP contribution in [0.15, 0.2) is 23.1 Å². The Morgan fingerprint density at radius 2 is 1.85 bits per heavy atom. The summed E-state index contributed by atoms with van der Waals surface area (Å²) in [6, 6.07) is 5.52. The van der Waals surface area contributed by atoms with Gasteiger partial charge in [0, 0.05) is 19.0 Å². The SMILES string of the molecule is CCc1ccc(CCl)cc1S(=O)(=O)N1CC(C)C(C)C1. The molecule has 2 rings (SSSR count). The van der Waals surface area contributed by atoms with Gasteiger partial charge < -0.3 is 0 Å². The summed E-state index contributed by atoms with van der Waals surface area (Å²) in [6.45, 7) is 7.41. The summed E-state index contributed by atoms with van der Waals surface area (Å²) in [6.07, 6.45) is 0.704. The number of rotatable bonds is 4. The zero-order chi connectivity index (χ0) is 14.9. The summed E-state index contributed by atoms with van der Waals surface area (Å²) in [5.41, 5.74) is 1.72. The van der Waals surface area contributed by atoms with Gasteiger partial charge in [-0.1, -0.05) is 32.9 Å². The first-order chi connectivity index (χ1) is 9.40. The van der Waals surface area contributed by atoms with Gasteiger partial charge in [0.2, 0.25) is 10.0 Å². The lowest BCUT2D eigenvalue weighted by molar-refractivity contribution is 0.462. The highest BCUT2D eigenvalue weighted by atomic mass is 35.5. The van der Waals surface area contributed by atoms with Crippen LogP contribution in [-0.2, 0) is 22.3 Å². The summed E-state index contributed by atoms with van der Waals surface area (Å²) in [5.74, 6) is 1.15. The van der Waals surface area contributed by atoms with E-state index in [4.69, 9.17) is 11.6 Å². The molecule has 1 aromatic rings. The van der Waals surface area contributed by atoms with Crippen LogP contribution in [0.2, 0.25) is 0 Å². The molecule has 20 heavy (non-hydrogen) atoms. The van der Waals surface area contributed by atoms with Crippen molar-refractivity contribution in [1.29, 1.82) is 0 Å². The number of aryl methyl sites for hydroxylation is 1. The molecule has 1 saturated heterocycles. The third-order valence-electron chi connectivity index (χ3n) is 4.24. The topological polar surface area (TPSA) is 37.4 Å². The van der Waals surface area contributed by atoms with Crippen molar-refractivity contribution in [2.45, 2.75) is 38.0 Å². The third kappa shape index (κ3) is 2.87. The van der Waals surface area contributed by atoms with Crippen molar-refractivity contribution in [3.63, 3.8) is 0 Å². The van der Waals surface area contributed by atoms with Crippen molar-refractivity contribution in [3.05, 3.63) is 29.3 Å². The van der Waals surface area contributed by atoms with E-state index in [1.54, 1.807) is 10.4 Å². The Hall–Kier alpha value is -0.580. The van der Waals surface area contributed by atoms with E-state index in [2.05, 4.69) is 13.8 Å². The molecule has 0 N–H and O–H groups in total. The lowest BCUT2D eigenvalue weighted by atomic mass is 10.0. The minimum absolute atomic E-state index is 0.333. The van der Waals surface area contributed by atoms with Crippen molar-refractivity contribution in [2.24, 2.45) is 11.8 Å². The standard InChI is InChI=1S/C15H22ClNO2S/c1-4-14-6-5-13(8-16)7-15(14)20(18,19)17-9-11(2)12(3)10-17/h5-7,11-12H,4,8-10H2,1-3H3. The quantitative estimate of drug-likeness (QED) is 0.800. The molecule has 1 aromatic carbocycles. The summed E-state index contributed by atoms with van der Waals surface area (Å²) in [5, 5.41) is 0. The molecule has 2 atom stereocenters. The molecular weight excluding hydrogens is 294 g/mol. The van der Waals surface area contributed by atoms with E-state index in [1.165, 1.54) is 0 Å². The van der Waals surface area contributed by atoms with Crippen LogP contribution < -0.4 is 0 Å². The smallest absolute Gasteiger partial charge is 0.207 e. The van der Waals surface area contributed by atoms with Gasteiger partial charge in [-0.2, -0.15) is 4.31 Å². The Kier molecular flexibility index (Phi) is 4.77. The molecule has 5 heteroatoms. The molecule has 1 heterocycles. The summed E-state index contributed by atoms with van der Waals surface area (Å²) < 4.78 is 27.3. The van der Waals surface area contributed by atoms with Gasteiger partial charge in [-0.15, -0.1) is 11.6 Å². The van der Waals surface area contributed by atoms with Crippen LogP contribution in [0.25, 0.3) is 0 Å². The molecule has 112 valence electrons. The van der Waals surface area contributed by atoms with E-state index in [0.29, 0.717) is 42.1 Å². The maximum absolute atomic E-state index is 12.9. The maximum Gasteiger partial charge on any atom is 0.243 e. The molecule has 0 bridgehead atoms. The molecule has 1 aliphatic heterocycles. The van der Waals surface area contributed by atoms with E-state index in [-0.39, 0.29) is 0 Å². The second-order valence-electron chi connectivity index (χ2n) is 5.71. The average Bonchev–Trinajstić information content (AvgIpc) is 2.78. The van der Waals surface area contributed by atoms with Gasteiger partial charge in [0.05, 0.1) is 4.90 Å². The number of hydrogen-bond donors (Lipinski definition) is 0. The van der Waals surface area contributed by atoms with Crippen LogP contribution >= 0.6 is 11.6 Å². The normalized spacial score (nSPS) is 24.2. The number of sulfonamides is 1.